The van der Waals surface area contributed by atoms with Gasteiger partial charge in [-0.25, -0.2) is 0 Å². The van der Waals surface area contributed by atoms with Gasteiger partial charge in [0.25, 0.3) is 0 Å². The van der Waals surface area contributed by atoms with Crippen molar-refractivity contribution in [1.29, 1.82) is 0 Å². The second-order valence-electron chi connectivity index (χ2n) is 8.91. The molecule has 0 bridgehead atoms. The molecule has 2 saturated heterocycles. The number of benzene rings is 2. The summed E-state index contributed by atoms with van der Waals surface area (Å²) in [5.74, 6) is 0.265. The largest absolute Gasteiger partial charge is 0.378 e. The number of piperazine rings is 1. The molecule has 2 aliphatic rings. The highest BCUT2D eigenvalue weighted by molar-refractivity contribution is 6.35. The number of amides is 1. The summed E-state index contributed by atoms with van der Waals surface area (Å²) >= 11 is 12.4. The Labute approximate surface area is 201 Å². The summed E-state index contributed by atoms with van der Waals surface area (Å²) in [6, 6.07) is 14.3. The molecule has 1 amide bonds. The molecule has 2 aliphatic heterocycles. The van der Waals surface area contributed by atoms with Gasteiger partial charge in [0.05, 0.1) is 6.04 Å². The first-order valence-corrected chi connectivity index (χ1v) is 12.3. The van der Waals surface area contributed by atoms with E-state index in [-0.39, 0.29) is 24.0 Å². The molecule has 2 aromatic carbocycles. The van der Waals surface area contributed by atoms with E-state index < -0.39 is 0 Å². The molecule has 2 fully saturated rings. The summed E-state index contributed by atoms with van der Waals surface area (Å²) in [6.45, 7) is 7.62. The van der Waals surface area contributed by atoms with Gasteiger partial charge in [0.1, 0.15) is 0 Å². The van der Waals surface area contributed by atoms with Crippen molar-refractivity contribution < 1.29 is 4.79 Å². The van der Waals surface area contributed by atoms with Gasteiger partial charge in [0.15, 0.2) is 0 Å². The van der Waals surface area contributed by atoms with Crippen LogP contribution in [0.15, 0.2) is 42.5 Å². The van der Waals surface area contributed by atoms with Crippen LogP contribution in [0.3, 0.4) is 0 Å². The third-order valence-electron chi connectivity index (χ3n) is 6.54. The van der Waals surface area contributed by atoms with E-state index >= 15 is 0 Å². The number of carbonyl (C=O) groups excluding carboxylic acids is 1. The Balaban J connectivity index is 1.39. The summed E-state index contributed by atoms with van der Waals surface area (Å²) < 4.78 is 0. The number of nitrogens with zero attached hydrogens (tertiary/aromatic N) is 2. The van der Waals surface area contributed by atoms with Crippen LogP contribution in [-0.2, 0) is 4.79 Å². The molecule has 2 heterocycles. The van der Waals surface area contributed by atoms with E-state index in [0.29, 0.717) is 10.0 Å². The number of carbonyl (C=O) groups is 1. The van der Waals surface area contributed by atoms with Crippen LogP contribution in [0.5, 0.6) is 0 Å². The minimum absolute atomic E-state index is 0.00791. The molecule has 172 valence electrons. The Morgan fingerprint density at radius 3 is 2.72 bits per heavy atom. The lowest BCUT2D eigenvalue weighted by Gasteiger charge is -2.42. The fourth-order valence-corrected chi connectivity index (χ4v) is 5.33. The smallest absolute Gasteiger partial charge is 0.240 e. The summed E-state index contributed by atoms with van der Waals surface area (Å²) in [7, 11) is 0. The normalized spacial score (nSPS) is 22.5. The molecule has 3 atom stereocenters. The van der Waals surface area contributed by atoms with E-state index in [1.165, 1.54) is 12.1 Å². The van der Waals surface area contributed by atoms with Crippen molar-refractivity contribution in [1.82, 2.24) is 10.2 Å². The first-order valence-electron chi connectivity index (χ1n) is 11.5. The maximum absolute atomic E-state index is 13.0. The fourth-order valence-electron chi connectivity index (χ4n) is 4.76. The van der Waals surface area contributed by atoms with Gasteiger partial charge in [-0.1, -0.05) is 41.8 Å². The highest BCUT2D eigenvalue weighted by atomic mass is 35.5. The lowest BCUT2D eigenvalue weighted by Crippen LogP contribution is -2.58. The maximum atomic E-state index is 13.0. The van der Waals surface area contributed by atoms with Gasteiger partial charge >= 0.3 is 0 Å². The van der Waals surface area contributed by atoms with Gasteiger partial charge in [-0.05, 0) is 69.1 Å². The molecule has 7 heteroatoms. The standard InChI is InChI=1S/C25H32Cl2N4O/c1-17-16-30(12-13-31(17)25(32)24-8-3-4-11-28-24)21-7-5-6-20(15-21)29-18(2)22-10-9-19(26)14-23(22)27/h5-7,9-10,14-15,17-18,24,28-29H,3-4,8,11-13,16H2,1-2H3/t17-,18-,24-/m1/s1. The second-order valence-corrected chi connectivity index (χ2v) is 9.75. The van der Waals surface area contributed by atoms with Gasteiger partial charge in [-0.15, -0.1) is 0 Å². The molecule has 5 nitrogen and oxygen atoms in total. The Morgan fingerprint density at radius 1 is 1.16 bits per heavy atom. The zero-order chi connectivity index (χ0) is 22.7. The summed E-state index contributed by atoms with van der Waals surface area (Å²) in [5, 5.41) is 8.25. The molecule has 2 aromatic rings. The lowest BCUT2D eigenvalue weighted by atomic mass is 10.0. The molecule has 2 N–H and O–H groups in total. The first-order chi connectivity index (χ1) is 15.4. The average molecular weight is 475 g/mol. The third-order valence-corrected chi connectivity index (χ3v) is 7.10. The highest BCUT2D eigenvalue weighted by Crippen LogP contribution is 2.30. The predicted molar refractivity (Wildman–Crippen MR) is 134 cm³/mol. The fraction of sp³-hybridized carbons (Fsp3) is 0.480. The van der Waals surface area contributed by atoms with E-state index in [2.05, 4.69) is 58.5 Å². The Bertz CT molecular complexity index is 947. The van der Waals surface area contributed by atoms with Crippen LogP contribution >= 0.6 is 23.2 Å². The third kappa shape index (κ3) is 5.33. The summed E-state index contributed by atoms with van der Waals surface area (Å²) in [5.41, 5.74) is 3.22. The van der Waals surface area contributed by atoms with Crippen molar-refractivity contribution >= 4 is 40.5 Å². The van der Waals surface area contributed by atoms with E-state index in [1.54, 1.807) is 6.07 Å². The molecule has 4 rings (SSSR count). The Hall–Kier alpha value is -1.95. The minimum Gasteiger partial charge on any atom is -0.378 e. The number of hydrogen-bond acceptors (Lipinski definition) is 4. The topological polar surface area (TPSA) is 47.6 Å². The Morgan fingerprint density at radius 2 is 2.00 bits per heavy atom. The quantitative estimate of drug-likeness (QED) is 0.613. The molecule has 0 radical (unpaired) electrons. The van der Waals surface area contributed by atoms with Gasteiger partial charge < -0.3 is 20.4 Å². The monoisotopic (exact) mass is 474 g/mol. The van der Waals surface area contributed by atoms with E-state index in [9.17, 15) is 4.79 Å². The maximum Gasteiger partial charge on any atom is 0.240 e. The highest BCUT2D eigenvalue weighted by Gasteiger charge is 2.32. The van der Waals surface area contributed by atoms with Crippen molar-refractivity contribution in [2.24, 2.45) is 0 Å². The minimum atomic E-state index is -0.00791. The number of anilines is 2. The van der Waals surface area contributed by atoms with Gasteiger partial charge in [-0.2, -0.15) is 0 Å². The van der Waals surface area contributed by atoms with Gasteiger partial charge in [0, 0.05) is 53.1 Å². The van der Waals surface area contributed by atoms with E-state index in [4.69, 9.17) is 23.2 Å². The van der Waals surface area contributed by atoms with Crippen molar-refractivity contribution in [3.05, 3.63) is 58.1 Å². The van der Waals surface area contributed by atoms with Crippen LogP contribution in [0.25, 0.3) is 0 Å². The molecular weight excluding hydrogens is 443 g/mol. The van der Waals surface area contributed by atoms with Gasteiger partial charge in [0.2, 0.25) is 5.91 Å². The van der Waals surface area contributed by atoms with Crippen molar-refractivity contribution in [3.8, 4) is 0 Å². The number of rotatable bonds is 5. The van der Waals surface area contributed by atoms with E-state index in [0.717, 1.165) is 50.3 Å². The number of hydrogen-bond donors (Lipinski definition) is 2. The molecule has 0 unspecified atom stereocenters. The number of piperidine rings is 1. The Kier molecular flexibility index (Phi) is 7.49. The molecule has 0 aromatic heterocycles. The molecular formula is C25H32Cl2N4O. The van der Waals surface area contributed by atoms with Crippen molar-refractivity contribution in [2.75, 3.05) is 36.4 Å². The first kappa shape index (κ1) is 23.2. The summed E-state index contributed by atoms with van der Waals surface area (Å²) in [6.07, 6.45) is 3.26. The average Bonchev–Trinajstić information content (AvgIpc) is 2.79. The summed E-state index contributed by atoms with van der Waals surface area (Å²) in [4.78, 5) is 17.4. The van der Waals surface area contributed by atoms with Crippen LogP contribution in [0, 0.1) is 0 Å². The lowest BCUT2D eigenvalue weighted by molar-refractivity contribution is -0.136. The predicted octanol–water partition coefficient (Wildman–Crippen LogP) is 5.35. The molecule has 0 spiro atoms. The molecule has 32 heavy (non-hydrogen) atoms. The van der Waals surface area contributed by atoms with Crippen LogP contribution in [0.1, 0.15) is 44.7 Å². The van der Waals surface area contributed by atoms with Crippen LogP contribution < -0.4 is 15.5 Å². The van der Waals surface area contributed by atoms with Gasteiger partial charge in [-0.3, -0.25) is 4.79 Å². The van der Waals surface area contributed by atoms with Crippen LogP contribution in [0.2, 0.25) is 10.0 Å². The SMILES string of the molecule is C[C@@H]1CN(c2cccc(N[C@H](C)c3ccc(Cl)cc3Cl)c2)CCN1C(=O)[C@H]1CCCCN1. The molecule has 0 saturated carbocycles. The zero-order valence-electron chi connectivity index (χ0n) is 18.8. The number of nitrogens with one attached hydrogen (secondary N) is 2. The second kappa shape index (κ2) is 10.3. The van der Waals surface area contributed by atoms with E-state index in [1.807, 2.05) is 12.1 Å². The van der Waals surface area contributed by atoms with Crippen molar-refractivity contribution in [3.63, 3.8) is 0 Å². The van der Waals surface area contributed by atoms with Crippen molar-refractivity contribution in [2.45, 2.75) is 51.2 Å². The zero-order valence-corrected chi connectivity index (χ0v) is 20.3. The number of halogens is 2. The van der Waals surface area contributed by atoms with Crippen LogP contribution in [0.4, 0.5) is 11.4 Å². The van der Waals surface area contributed by atoms with Crippen LogP contribution in [-0.4, -0.2) is 49.1 Å². The molecule has 0 aliphatic carbocycles.